The Hall–Kier alpha value is -4.47. The molecule has 0 aliphatic carbocycles. The van der Waals surface area contributed by atoms with Gasteiger partial charge in [-0.2, -0.15) is 11.9 Å². The van der Waals surface area contributed by atoms with Gasteiger partial charge in [-0.1, -0.05) is 55.8 Å². The summed E-state index contributed by atoms with van der Waals surface area (Å²) < 4.78 is 23.8. The van der Waals surface area contributed by atoms with Gasteiger partial charge in [0, 0.05) is 31.6 Å². The predicted molar refractivity (Wildman–Crippen MR) is 167 cm³/mol. The van der Waals surface area contributed by atoms with Crippen LogP contribution in [0.15, 0.2) is 60.8 Å². The van der Waals surface area contributed by atoms with E-state index in [1.165, 1.54) is 7.11 Å². The highest BCUT2D eigenvalue weighted by atomic mass is 16.5. The molecule has 3 aromatic carbocycles. The van der Waals surface area contributed by atoms with Gasteiger partial charge in [0.2, 0.25) is 5.75 Å². The second kappa shape index (κ2) is 13.9. The number of aromatic nitrogens is 1. The lowest BCUT2D eigenvalue weighted by Gasteiger charge is -2.29. The average Bonchev–Trinajstić information content (AvgIpc) is 3.52. The van der Waals surface area contributed by atoms with Gasteiger partial charge in [-0.3, -0.25) is 4.79 Å². The maximum absolute atomic E-state index is 11.7. The Bertz CT molecular complexity index is 1590. The largest absolute Gasteiger partial charge is 0.667 e. The number of rotatable bonds is 13. The number of aryl methyl sites for hydroxylation is 1. The minimum absolute atomic E-state index is 0.0172. The van der Waals surface area contributed by atoms with Crippen molar-refractivity contribution < 1.29 is 39.1 Å². The van der Waals surface area contributed by atoms with Crippen LogP contribution in [0.4, 0.5) is 0 Å². The molecule has 1 aliphatic rings. The van der Waals surface area contributed by atoms with Crippen molar-refractivity contribution >= 4 is 5.78 Å². The molecule has 0 bridgehead atoms. The standard InChI is InChI=1S/C35H38NO8/c1-4-26-16-24(19-36-26)22-7-5-8-23(15-22)25(20-41-2)17-28-32(40)35(42-3)34(43-14-6-13-37)31-29(39)18-30(44-33(28)31)21-9-11-27(38)12-10-21/h5,7-12,15-16,19,25,30,37-38H,4,6,13-14,17-18,20H2,1-3H3,(H,39,40)/q-1/p+1/t25-,30?/m0/s1. The molecule has 9 nitrogen and oxygen atoms in total. The first-order valence-electron chi connectivity index (χ1n) is 14.8. The molecule has 4 aromatic rings. The fourth-order valence-corrected chi connectivity index (χ4v) is 5.65. The molecule has 5 rings (SSSR count). The number of fused-ring (bicyclic) bond motifs is 1. The van der Waals surface area contributed by atoms with E-state index in [4.69, 9.17) is 18.9 Å². The number of aliphatic hydroxyl groups is 1. The number of methoxy groups -OCH3 is 2. The van der Waals surface area contributed by atoms with Gasteiger partial charge in [0.05, 0.1) is 20.3 Å². The second-order valence-electron chi connectivity index (χ2n) is 10.9. The number of aromatic hydroxyl groups is 2. The fraction of sp³-hybridized carbons (Fsp3) is 0.343. The molecule has 0 radical (unpaired) electrons. The van der Waals surface area contributed by atoms with Crippen LogP contribution in [-0.4, -0.2) is 59.9 Å². The zero-order valence-electron chi connectivity index (χ0n) is 25.2. The molecule has 44 heavy (non-hydrogen) atoms. The first-order valence-corrected chi connectivity index (χ1v) is 14.8. The topological polar surface area (TPSA) is 133 Å². The molecule has 0 saturated carbocycles. The number of ketones is 1. The molecular weight excluding hydrogens is 562 g/mol. The number of phenolic OH excluding ortho intramolecular Hbond substituents is 2. The van der Waals surface area contributed by atoms with E-state index in [1.54, 1.807) is 31.4 Å². The Morgan fingerprint density at radius 3 is 2.52 bits per heavy atom. The van der Waals surface area contributed by atoms with E-state index in [-0.39, 0.29) is 60.1 Å². The summed E-state index contributed by atoms with van der Waals surface area (Å²) in [6, 6.07) is 16.9. The summed E-state index contributed by atoms with van der Waals surface area (Å²) in [7, 11) is 3.06. The van der Waals surface area contributed by atoms with Gasteiger partial charge in [0.15, 0.2) is 17.1 Å². The zero-order valence-corrected chi connectivity index (χ0v) is 25.2. The van der Waals surface area contributed by atoms with Crippen LogP contribution in [0.2, 0.25) is 0 Å². The first-order chi connectivity index (χ1) is 21.4. The summed E-state index contributed by atoms with van der Waals surface area (Å²) >= 11 is 0. The van der Waals surface area contributed by atoms with Crippen molar-refractivity contribution in [2.24, 2.45) is 0 Å². The lowest BCUT2D eigenvalue weighted by atomic mass is 9.86. The van der Waals surface area contributed by atoms with Crippen molar-refractivity contribution in [2.75, 3.05) is 34.0 Å². The zero-order chi connectivity index (χ0) is 31.2. The molecule has 1 aliphatic heterocycles. The van der Waals surface area contributed by atoms with Gasteiger partial charge < -0.3 is 39.3 Å². The summed E-state index contributed by atoms with van der Waals surface area (Å²) in [5.41, 5.74) is 5.59. The van der Waals surface area contributed by atoms with Crippen LogP contribution in [0.1, 0.15) is 59.7 Å². The smallest absolute Gasteiger partial charge is 0.335 e. The van der Waals surface area contributed by atoms with Crippen LogP contribution >= 0.6 is 0 Å². The van der Waals surface area contributed by atoms with Gasteiger partial charge in [-0.25, -0.2) is 0 Å². The maximum atomic E-state index is 11.7. The molecule has 4 N–H and O–H groups in total. The average molecular weight is 602 g/mol. The summed E-state index contributed by atoms with van der Waals surface area (Å²) in [5.74, 6) is 0.296. The SMILES string of the molecule is CCc1cc(-c2cccc([C@H](COC)Cc3c(O)c(OC)c(OCCCO)c4c3OC(c3ccc(O)cc3)CC4=[OH+])c2)c[n-]1. The van der Waals surface area contributed by atoms with Crippen LogP contribution in [0.3, 0.4) is 0 Å². The predicted octanol–water partition coefficient (Wildman–Crippen LogP) is 5.44. The summed E-state index contributed by atoms with van der Waals surface area (Å²) in [6.45, 7) is 2.49. The van der Waals surface area contributed by atoms with Crippen LogP contribution in [0, 0.1) is 0 Å². The van der Waals surface area contributed by atoms with E-state index in [0.29, 0.717) is 30.6 Å². The third-order valence-corrected chi connectivity index (χ3v) is 7.94. The highest BCUT2D eigenvalue weighted by molar-refractivity contribution is 6.05. The molecule has 0 saturated heterocycles. The lowest BCUT2D eigenvalue weighted by Crippen LogP contribution is -2.24. The van der Waals surface area contributed by atoms with Crippen molar-refractivity contribution in [2.45, 2.75) is 44.6 Å². The Balaban J connectivity index is 1.60. The molecule has 1 unspecified atom stereocenters. The number of hydrogen-bond donors (Lipinski definition) is 3. The fourth-order valence-electron chi connectivity index (χ4n) is 5.65. The van der Waals surface area contributed by atoms with E-state index in [9.17, 15) is 20.1 Å². The number of carbonyl (C=O) groups excluding carboxylic acids is 1. The van der Waals surface area contributed by atoms with Crippen LogP contribution in [-0.2, 0) is 17.6 Å². The van der Waals surface area contributed by atoms with Crippen LogP contribution < -0.4 is 19.2 Å². The van der Waals surface area contributed by atoms with E-state index in [2.05, 4.69) is 24.0 Å². The van der Waals surface area contributed by atoms with Crippen LogP contribution in [0.25, 0.3) is 11.1 Å². The van der Waals surface area contributed by atoms with Crippen molar-refractivity contribution in [3.63, 3.8) is 0 Å². The molecule has 1 aromatic heterocycles. The van der Waals surface area contributed by atoms with E-state index >= 15 is 0 Å². The van der Waals surface area contributed by atoms with E-state index < -0.39 is 6.10 Å². The Morgan fingerprint density at radius 2 is 1.84 bits per heavy atom. The third-order valence-electron chi connectivity index (χ3n) is 7.94. The highest BCUT2D eigenvalue weighted by Crippen LogP contribution is 2.53. The van der Waals surface area contributed by atoms with E-state index in [1.807, 2.05) is 24.4 Å². The normalized spacial score (nSPS) is 15.0. The molecule has 232 valence electrons. The van der Waals surface area contributed by atoms with Gasteiger partial charge >= 0.3 is 5.78 Å². The van der Waals surface area contributed by atoms with Gasteiger partial charge in [0.1, 0.15) is 24.0 Å². The van der Waals surface area contributed by atoms with Gasteiger partial charge in [-0.15, -0.1) is 0 Å². The highest BCUT2D eigenvalue weighted by Gasteiger charge is 2.41. The molecule has 0 fully saturated rings. The Morgan fingerprint density at radius 1 is 1.05 bits per heavy atom. The number of ether oxygens (including phenoxy) is 4. The quantitative estimate of drug-likeness (QED) is 0.136. The molecule has 0 spiro atoms. The van der Waals surface area contributed by atoms with Crippen LogP contribution in [0.5, 0.6) is 28.7 Å². The number of nitrogens with zero attached hydrogens (tertiary/aromatic N) is 1. The number of phenols is 2. The molecule has 9 heteroatoms. The number of aliphatic hydroxyl groups excluding tert-OH is 1. The maximum Gasteiger partial charge on any atom is 0.335 e. The van der Waals surface area contributed by atoms with Crippen molar-refractivity contribution in [1.82, 2.24) is 4.98 Å². The van der Waals surface area contributed by atoms with E-state index in [0.717, 1.165) is 34.4 Å². The lowest BCUT2D eigenvalue weighted by molar-refractivity contribution is 0.174. The Labute approximate surface area is 257 Å². The first kappa shape index (κ1) is 31.0. The van der Waals surface area contributed by atoms with Gasteiger partial charge in [-0.05, 0) is 40.8 Å². The van der Waals surface area contributed by atoms with Crippen molar-refractivity contribution in [1.29, 1.82) is 0 Å². The van der Waals surface area contributed by atoms with Crippen molar-refractivity contribution in [3.05, 3.63) is 88.7 Å². The minimum Gasteiger partial charge on any atom is -0.667 e. The molecule has 0 amide bonds. The minimum atomic E-state index is -0.582. The second-order valence-corrected chi connectivity index (χ2v) is 10.9. The monoisotopic (exact) mass is 601 g/mol. The molecule has 2 heterocycles. The molecular formula is C35H39NO8. The summed E-state index contributed by atoms with van der Waals surface area (Å²) in [4.78, 5) is 15.9. The number of hydrogen-bond acceptors (Lipinski definition) is 7. The molecule has 2 atom stereocenters. The third kappa shape index (κ3) is 6.39. The summed E-state index contributed by atoms with van der Waals surface area (Å²) in [5, 5.41) is 30.8. The summed E-state index contributed by atoms with van der Waals surface area (Å²) in [6.07, 6.45) is 2.94. The number of benzene rings is 3. The van der Waals surface area contributed by atoms with Crippen molar-refractivity contribution in [3.8, 4) is 39.9 Å². The Kier molecular flexibility index (Phi) is 9.77. The van der Waals surface area contributed by atoms with Gasteiger partial charge in [0.25, 0.3) is 0 Å².